The average Bonchev–Trinajstić information content (AvgIpc) is 2.50. The first-order chi connectivity index (χ1) is 10.1. The molecule has 0 amide bonds. The van der Waals surface area contributed by atoms with Gasteiger partial charge in [-0.15, -0.1) is 0 Å². The van der Waals surface area contributed by atoms with Crippen LogP contribution in [0, 0.1) is 5.82 Å². The highest BCUT2D eigenvalue weighted by Gasteiger charge is 2.14. The topological polar surface area (TPSA) is 20.2 Å². The molecular formula is C18H14ClFO. The van der Waals surface area contributed by atoms with Crippen LogP contribution < -0.4 is 0 Å². The maximum atomic E-state index is 13.8. The van der Waals surface area contributed by atoms with Gasteiger partial charge in [0.2, 0.25) is 0 Å². The summed E-state index contributed by atoms with van der Waals surface area (Å²) in [6, 6.07) is 18.2. The zero-order valence-electron chi connectivity index (χ0n) is 11.3. The molecule has 3 aromatic carbocycles. The van der Waals surface area contributed by atoms with E-state index in [0.29, 0.717) is 10.6 Å². The van der Waals surface area contributed by atoms with Gasteiger partial charge >= 0.3 is 0 Å². The predicted octanol–water partition coefficient (Wildman–Crippen LogP) is 4.91. The minimum absolute atomic E-state index is 0.157. The summed E-state index contributed by atoms with van der Waals surface area (Å²) in [5, 5.41) is 12.9. The molecule has 0 spiro atoms. The van der Waals surface area contributed by atoms with E-state index in [-0.39, 0.29) is 12.2 Å². The van der Waals surface area contributed by atoms with Crippen molar-refractivity contribution in [3.63, 3.8) is 0 Å². The largest absolute Gasteiger partial charge is 0.388 e. The number of aliphatic hydroxyl groups excluding tert-OH is 1. The Morgan fingerprint density at radius 1 is 0.952 bits per heavy atom. The minimum atomic E-state index is -0.788. The van der Waals surface area contributed by atoms with Crippen LogP contribution in [0.4, 0.5) is 4.39 Å². The highest BCUT2D eigenvalue weighted by molar-refractivity contribution is 6.31. The molecule has 1 unspecified atom stereocenters. The van der Waals surface area contributed by atoms with E-state index in [1.807, 2.05) is 42.5 Å². The van der Waals surface area contributed by atoms with Crippen LogP contribution in [0.15, 0.2) is 60.7 Å². The second-order valence-electron chi connectivity index (χ2n) is 5.03. The van der Waals surface area contributed by atoms with Crippen LogP contribution in [0.25, 0.3) is 10.8 Å². The summed E-state index contributed by atoms with van der Waals surface area (Å²) in [6.45, 7) is 0. The minimum Gasteiger partial charge on any atom is -0.388 e. The van der Waals surface area contributed by atoms with Gasteiger partial charge in [0.05, 0.1) is 6.10 Å². The van der Waals surface area contributed by atoms with Crippen molar-refractivity contribution in [3.05, 3.63) is 82.6 Å². The van der Waals surface area contributed by atoms with E-state index in [2.05, 4.69) is 0 Å². The third kappa shape index (κ3) is 2.92. The summed E-state index contributed by atoms with van der Waals surface area (Å²) >= 11 is 6.01. The second-order valence-corrected chi connectivity index (χ2v) is 5.43. The molecule has 0 heterocycles. The molecule has 0 aliphatic heterocycles. The lowest BCUT2D eigenvalue weighted by atomic mass is 9.98. The molecule has 0 aromatic heterocycles. The number of benzene rings is 3. The fourth-order valence-electron chi connectivity index (χ4n) is 2.45. The Kier molecular flexibility index (Phi) is 3.91. The highest BCUT2D eigenvalue weighted by atomic mass is 35.5. The van der Waals surface area contributed by atoms with Crippen molar-refractivity contribution in [2.45, 2.75) is 12.5 Å². The van der Waals surface area contributed by atoms with E-state index >= 15 is 0 Å². The molecule has 0 bridgehead atoms. The van der Waals surface area contributed by atoms with Crippen LogP contribution >= 0.6 is 11.6 Å². The van der Waals surface area contributed by atoms with Crippen molar-refractivity contribution in [1.82, 2.24) is 0 Å². The summed E-state index contributed by atoms with van der Waals surface area (Å²) in [6.07, 6.45) is -0.631. The normalized spacial score (nSPS) is 12.5. The smallest absolute Gasteiger partial charge is 0.127 e. The average molecular weight is 301 g/mol. The Labute approximate surface area is 127 Å². The predicted molar refractivity (Wildman–Crippen MR) is 84.0 cm³/mol. The van der Waals surface area contributed by atoms with E-state index in [1.165, 1.54) is 6.07 Å². The summed E-state index contributed by atoms with van der Waals surface area (Å²) in [5.74, 6) is -0.387. The molecule has 0 saturated carbocycles. The Morgan fingerprint density at radius 2 is 1.71 bits per heavy atom. The van der Waals surface area contributed by atoms with E-state index in [9.17, 15) is 9.50 Å². The van der Waals surface area contributed by atoms with Crippen LogP contribution in [0.3, 0.4) is 0 Å². The van der Waals surface area contributed by atoms with Gasteiger partial charge in [-0.25, -0.2) is 4.39 Å². The fourth-order valence-corrected chi connectivity index (χ4v) is 2.69. The standard InChI is InChI=1S/C18H14ClFO/c19-16-6-3-7-17(20)15(16)11-18(21)14-9-8-12-4-1-2-5-13(12)10-14/h1-10,18,21H,11H2. The van der Waals surface area contributed by atoms with E-state index < -0.39 is 6.10 Å². The van der Waals surface area contributed by atoms with Crippen molar-refractivity contribution >= 4 is 22.4 Å². The third-order valence-corrected chi connectivity index (χ3v) is 3.97. The number of halogens is 2. The number of rotatable bonds is 3. The molecule has 0 radical (unpaired) electrons. The lowest BCUT2D eigenvalue weighted by Crippen LogP contribution is -2.04. The van der Waals surface area contributed by atoms with Crippen LogP contribution in [-0.4, -0.2) is 5.11 Å². The van der Waals surface area contributed by atoms with E-state index in [4.69, 9.17) is 11.6 Å². The first-order valence-electron chi connectivity index (χ1n) is 6.75. The van der Waals surface area contributed by atoms with Gasteiger partial charge in [-0.1, -0.05) is 54.1 Å². The van der Waals surface area contributed by atoms with Crippen molar-refractivity contribution in [2.75, 3.05) is 0 Å². The number of hydrogen-bond acceptors (Lipinski definition) is 1. The molecule has 106 valence electrons. The van der Waals surface area contributed by atoms with Gasteiger partial charge in [0.25, 0.3) is 0 Å². The van der Waals surface area contributed by atoms with E-state index in [0.717, 1.165) is 16.3 Å². The Bertz CT molecular complexity index is 765. The zero-order valence-corrected chi connectivity index (χ0v) is 12.0. The molecule has 3 heteroatoms. The first kappa shape index (κ1) is 14.1. The van der Waals surface area contributed by atoms with Crippen molar-refractivity contribution in [3.8, 4) is 0 Å². The Balaban J connectivity index is 1.91. The molecule has 0 fully saturated rings. The maximum absolute atomic E-state index is 13.8. The molecule has 3 aromatic rings. The maximum Gasteiger partial charge on any atom is 0.127 e. The molecule has 0 saturated heterocycles. The lowest BCUT2D eigenvalue weighted by Gasteiger charge is -2.13. The summed E-state index contributed by atoms with van der Waals surface area (Å²) in [5.41, 5.74) is 1.10. The van der Waals surface area contributed by atoms with Crippen LogP contribution in [0.5, 0.6) is 0 Å². The Morgan fingerprint density at radius 3 is 2.48 bits per heavy atom. The molecule has 0 aliphatic rings. The lowest BCUT2D eigenvalue weighted by molar-refractivity contribution is 0.177. The number of fused-ring (bicyclic) bond motifs is 1. The van der Waals surface area contributed by atoms with Crippen LogP contribution in [0.1, 0.15) is 17.2 Å². The van der Waals surface area contributed by atoms with Crippen LogP contribution in [0.2, 0.25) is 5.02 Å². The molecular weight excluding hydrogens is 287 g/mol. The fraction of sp³-hybridized carbons (Fsp3) is 0.111. The molecule has 3 rings (SSSR count). The highest BCUT2D eigenvalue weighted by Crippen LogP contribution is 2.27. The SMILES string of the molecule is OC(Cc1c(F)cccc1Cl)c1ccc2ccccc2c1. The molecule has 0 aliphatic carbocycles. The summed E-state index contributed by atoms with van der Waals surface area (Å²) < 4.78 is 13.8. The summed E-state index contributed by atoms with van der Waals surface area (Å²) in [7, 11) is 0. The molecule has 1 N–H and O–H groups in total. The number of hydrogen-bond donors (Lipinski definition) is 1. The van der Waals surface area contributed by atoms with Crippen LogP contribution in [-0.2, 0) is 6.42 Å². The van der Waals surface area contributed by atoms with Gasteiger partial charge in [-0.3, -0.25) is 0 Å². The number of aliphatic hydroxyl groups is 1. The molecule has 1 nitrogen and oxygen atoms in total. The molecule has 1 atom stereocenters. The Hall–Kier alpha value is -1.90. The van der Waals surface area contributed by atoms with Gasteiger partial charge < -0.3 is 5.11 Å². The quantitative estimate of drug-likeness (QED) is 0.729. The third-order valence-electron chi connectivity index (χ3n) is 3.62. The van der Waals surface area contributed by atoms with E-state index in [1.54, 1.807) is 12.1 Å². The van der Waals surface area contributed by atoms with Gasteiger partial charge in [-0.05, 0) is 34.5 Å². The van der Waals surface area contributed by atoms with Gasteiger partial charge in [0.15, 0.2) is 0 Å². The molecule has 21 heavy (non-hydrogen) atoms. The van der Waals surface area contributed by atoms with Crippen molar-refractivity contribution in [1.29, 1.82) is 0 Å². The van der Waals surface area contributed by atoms with Gasteiger partial charge in [0.1, 0.15) is 5.82 Å². The zero-order chi connectivity index (χ0) is 14.8. The van der Waals surface area contributed by atoms with Gasteiger partial charge in [-0.2, -0.15) is 0 Å². The first-order valence-corrected chi connectivity index (χ1v) is 7.12. The van der Waals surface area contributed by atoms with Crippen molar-refractivity contribution in [2.24, 2.45) is 0 Å². The van der Waals surface area contributed by atoms with Gasteiger partial charge in [0, 0.05) is 17.0 Å². The van der Waals surface area contributed by atoms with Crippen molar-refractivity contribution < 1.29 is 9.50 Å². The monoisotopic (exact) mass is 300 g/mol. The summed E-state index contributed by atoms with van der Waals surface area (Å²) in [4.78, 5) is 0. The second kappa shape index (κ2) is 5.84.